The van der Waals surface area contributed by atoms with Crippen LogP contribution in [0.1, 0.15) is 20.3 Å². The molecule has 1 aliphatic rings. The van der Waals surface area contributed by atoms with E-state index >= 15 is 0 Å². The van der Waals surface area contributed by atoms with E-state index in [4.69, 9.17) is 32.7 Å². The lowest BCUT2D eigenvalue weighted by Crippen LogP contribution is -2.58. The fraction of sp³-hybridized carbons (Fsp3) is 0.636. The molecule has 2 rings (SSSR count). The Balaban J connectivity index is 2.11. The van der Waals surface area contributed by atoms with Crippen molar-refractivity contribution in [2.24, 2.45) is 5.10 Å². The zero-order valence-electron chi connectivity index (χ0n) is 19.5. The van der Waals surface area contributed by atoms with Crippen LogP contribution in [-0.2, 0) is 9.53 Å². The van der Waals surface area contributed by atoms with Crippen LogP contribution in [0.4, 0.5) is 14.5 Å². The summed E-state index contributed by atoms with van der Waals surface area (Å²) in [6.45, 7) is 5.01. The summed E-state index contributed by atoms with van der Waals surface area (Å²) in [5.74, 6) is -2.60. The van der Waals surface area contributed by atoms with Crippen LogP contribution in [0.25, 0.3) is 0 Å². The number of hydrogen-bond acceptors (Lipinski definition) is 6. The van der Waals surface area contributed by atoms with Gasteiger partial charge in [-0.2, -0.15) is 5.10 Å². The molecule has 1 atom stereocenters. The fourth-order valence-corrected chi connectivity index (χ4v) is 4.07. The number of piperazine rings is 1. The number of methoxy groups -OCH3 is 2. The van der Waals surface area contributed by atoms with Gasteiger partial charge in [-0.3, -0.25) is 9.80 Å². The third-order valence-corrected chi connectivity index (χ3v) is 5.92. The lowest BCUT2D eigenvalue weighted by Gasteiger charge is -2.42. The third-order valence-electron chi connectivity index (χ3n) is 5.30. The van der Waals surface area contributed by atoms with Gasteiger partial charge in [0.2, 0.25) is 5.91 Å². The predicted molar refractivity (Wildman–Crippen MR) is 128 cm³/mol. The number of alkyl halides is 3. The quantitative estimate of drug-likeness (QED) is 0.257. The Morgan fingerprint density at radius 2 is 2.06 bits per heavy atom. The van der Waals surface area contributed by atoms with Crippen LogP contribution in [0, 0.1) is 0 Å². The third kappa shape index (κ3) is 8.15. The maximum absolute atomic E-state index is 13.4. The molecule has 1 saturated heterocycles. The number of carbonyl (C=O) groups excluding carboxylic acids is 1. The van der Waals surface area contributed by atoms with Crippen LogP contribution in [0.15, 0.2) is 23.3 Å². The summed E-state index contributed by atoms with van der Waals surface area (Å²) in [5, 5.41) is 6.22. The van der Waals surface area contributed by atoms with E-state index in [-0.39, 0.29) is 30.1 Å². The largest absolute Gasteiger partial charge is 0.495 e. The normalized spacial score (nSPS) is 17.3. The number of nitrogens with zero attached hydrogens (tertiary/aromatic N) is 4. The highest BCUT2D eigenvalue weighted by molar-refractivity contribution is 6.32. The van der Waals surface area contributed by atoms with Gasteiger partial charge in [0.1, 0.15) is 12.3 Å². The second-order valence-corrected chi connectivity index (χ2v) is 8.66. The van der Waals surface area contributed by atoms with E-state index in [9.17, 15) is 13.6 Å². The smallest absolute Gasteiger partial charge is 0.250 e. The molecule has 0 spiro atoms. The SMILES string of the molecule is CCN(CC(=O)N1CCN(c2ccc(Cl)c(OC)c2)CC1COC)/N=C(\CCl)CC(C)(F)F. The van der Waals surface area contributed by atoms with E-state index in [0.29, 0.717) is 43.6 Å². The molecule has 1 amide bonds. The molecule has 7 nitrogen and oxygen atoms in total. The van der Waals surface area contributed by atoms with E-state index in [1.54, 1.807) is 25.2 Å². The molecular formula is C22H32Cl2F2N4O3. The van der Waals surface area contributed by atoms with E-state index in [1.165, 1.54) is 5.01 Å². The van der Waals surface area contributed by atoms with Gasteiger partial charge in [-0.05, 0) is 26.0 Å². The van der Waals surface area contributed by atoms with Crippen molar-refractivity contribution >= 4 is 40.5 Å². The van der Waals surface area contributed by atoms with E-state index < -0.39 is 12.3 Å². The zero-order chi connectivity index (χ0) is 24.6. The number of halogens is 4. The van der Waals surface area contributed by atoms with Crippen LogP contribution in [-0.4, -0.2) is 92.9 Å². The highest BCUT2D eigenvalue weighted by Crippen LogP contribution is 2.30. The van der Waals surface area contributed by atoms with Crippen molar-refractivity contribution in [3.63, 3.8) is 0 Å². The Morgan fingerprint density at radius 3 is 2.64 bits per heavy atom. The molecule has 0 saturated carbocycles. The molecule has 1 unspecified atom stereocenters. The number of hydrogen-bond donors (Lipinski definition) is 0. The Kier molecular flexibility index (Phi) is 10.4. The van der Waals surface area contributed by atoms with Gasteiger partial charge in [0, 0.05) is 45.0 Å². The van der Waals surface area contributed by atoms with Gasteiger partial charge in [-0.25, -0.2) is 8.78 Å². The van der Waals surface area contributed by atoms with Crippen molar-refractivity contribution in [1.82, 2.24) is 9.91 Å². The summed E-state index contributed by atoms with van der Waals surface area (Å²) in [6, 6.07) is 5.38. The highest BCUT2D eigenvalue weighted by atomic mass is 35.5. The molecule has 0 aliphatic carbocycles. The highest BCUT2D eigenvalue weighted by Gasteiger charge is 2.32. The molecule has 33 heavy (non-hydrogen) atoms. The van der Waals surface area contributed by atoms with E-state index in [2.05, 4.69) is 10.0 Å². The van der Waals surface area contributed by atoms with Crippen molar-refractivity contribution in [2.45, 2.75) is 32.2 Å². The molecule has 11 heteroatoms. The average Bonchev–Trinajstić information content (AvgIpc) is 2.77. The molecule has 0 bridgehead atoms. The number of carbonyl (C=O) groups is 1. The maximum Gasteiger partial charge on any atom is 0.250 e. The lowest BCUT2D eigenvalue weighted by atomic mass is 10.1. The summed E-state index contributed by atoms with van der Waals surface area (Å²) in [5.41, 5.74) is 1.09. The molecule has 1 fully saturated rings. The lowest BCUT2D eigenvalue weighted by molar-refractivity contribution is -0.136. The summed E-state index contributed by atoms with van der Waals surface area (Å²) in [4.78, 5) is 17.0. The number of benzene rings is 1. The van der Waals surface area contributed by atoms with Gasteiger partial charge in [-0.15, -0.1) is 11.6 Å². The van der Waals surface area contributed by atoms with Crippen LogP contribution in [0.5, 0.6) is 5.75 Å². The summed E-state index contributed by atoms with van der Waals surface area (Å²) >= 11 is 11.9. The van der Waals surface area contributed by atoms with Crippen LogP contribution in [0.3, 0.4) is 0 Å². The monoisotopic (exact) mass is 508 g/mol. The molecule has 1 aromatic rings. The summed E-state index contributed by atoms with van der Waals surface area (Å²) in [7, 11) is 3.15. The number of likely N-dealkylation sites (N-methyl/N-ethyl adjacent to an activating group) is 1. The summed E-state index contributed by atoms with van der Waals surface area (Å²) < 4.78 is 37.5. The topological polar surface area (TPSA) is 57.6 Å². The van der Waals surface area contributed by atoms with Gasteiger partial charge in [0.15, 0.2) is 0 Å². The van der Waals surface area contributed by atoms with Crippen molar-refractivity contribution in [3.05, 3.63) is 23.2 Å². The molecule has 0 N–H and O–H groups in total. The second-order valence-electron chi connectivity index (χ2n) is 7.99. The first kappa shape index (κ1) is 27.4. The van der Waals surface area contributed by atoms with Gasteiger partial charge < -0.3 is 19.3 Å². The first-order valence-corrected chi connectivity index (χ1v) is 11.6. The van der Waals surface area contributed by atoms with E-state index in [1.807, 2.05) is 19.1 Å². The van der Waals surface area contributed by atoms with Gasteiger partial charge in [0.25, 0.3) is 5.92 Å². The standard InChI is InChI=1S/C22H32Cl2F2N4O3/c1-5-29(27-16(12-23)11-22(2,25)26)14-21(31)30-9-8-28(13-18(30)15-32-3)17-6-7-19(24)20(10-17)33-4/h6-7,10,18H,5,8-9,11-15H2,1-4H3/b27-16-. The molecule has 1 heterocycles. The number of rotatable bonds is 11. The first-order chi connectivity index (χ1) is 15.6. The number of hydrazone groups is 1. The molecule has 0 aromatic heterocycles. The average molecular weight is 509 g/mol. The fourth-order valence-electron chi connectivity index (χ4n) is 3.73. The van der Waals surface area contributed by atoms with Crippen LogP contribution in [0.2, 0.25) is 5.02 Å². The number of anilines is 1. The first-order valence-electron chi connectivity index (χ1n) is 10.7. The molecule has 1 aliphatic heterocycles. The predicted octanol–water partition coefficient (Wildman–Crippen LogP) is 3.97. The number of ether oxygens (including phenoxy) is 2. The molecule has 0 radical (unpaired) electrons. The second kappa shape index (κ2) is 12.6. The Morgan fingerprint density at radius 1 is 1.33 bits per heavy atom. The van der Waals surface area contributed by atoms with Crippen molar-refractivity contribution in [3.8, 4) is 5.75 Å². The summed E-state index contributed by atoms with van der Waals surface area (Å²) in [6.07, 6.45) is -0.545. The van der Waals surface area contributed by atoms with E-state index in [0.717, 1.165) is 12.6 Å². The molecule has 186 valence electrons. The Labute approximate surface area is 204 Å². The minimum absolute atomic E-state index is 0.0266. The Hall–Kier alpha value is -1.84. The van der Waals surface area contributed by atoms with Crippen molar-refractivity contribution < 1.29 is 23.0 Å². The van der Waals surface area contributed by atoms with Crippen molar-refractivity contribution in [1.29, 1.82) is 0 Å². The molecule has 1 aromatic carbocycles. The van der Waals surface area contributed by atoms with Gasteiger partial charge in [0.05, 0.1) is 42.8 Å². The van der Waals surface area contributed by atoms with Crippen LogP contribution >= 0.6 is 23.2 Å². The van der Waals surface area contributed by atoms with Crippen LogP contribution < -0.4 is 9.64 Å². The number of amides is 1. The zero-order valence-corrected chi connectivity index (χ0v) is 21.0. The van der Waals surface area contributed by atoms with Gasteiger partial charge >= 0.3 is 0 Å². The minimum atomic E-state index is -2.92. The van der Waals surface area contributed by atoms with Gasteiger partial charge in [-0.1, -0.05) is 11.6 Å². The molecular weight excluding hydrogens is 477 g/mol. The minimum Gasteiger partial charge on any atom is -0.495 e. The Bertz CT molecular complexity index is 823. The van der Waals surface area contributed by atoms with Crippen molar-refractivity contribution in [2.75, 3.05) is 64.3 Å². The maximum atomic E-state index is 13.4.